The zero-order valence-corrected chi connectivity index (χ0v) is 8.04. The topological polar surface area (TPSA) is 23.8 Å². The van der Waals surface area contributed by atoms with Crippen molar-refractivity contribution in [2.24, 2.45) is 0 Å². The minimum atomic E-state index is -0.0199. The minimum absolute atomic E-state index is 0.0199. The van der Waals surface area contributed by atoms with Crippen LogP contribution in [0.1, 0.15) is 25.0 Å². The Morgan fingerprint density at radius 2 is 1.85 bits per heavy atom. The molecule has 1 aromatic carbocycles. The van der Waals surface area contributed by atoms with Crippen LogP contribution in [0.15, 0.2) is 36.9 Å². The van der Waals surface area contributed by atoms with Crippen molar-refractivity contribution in [3.05, 3.63) is 48.0 Å². The number of allylic oxidation sites excluding steroid dienone is 1. The predicted octanol–water partition coefficient (Wildman–Crippen LogP) is 3.02. The largest absolute Gasteiger partial charge is 0.192 e. The summed E-state index contributed by atoms with van der Waals surface area (Å²) in [6.07, 6.45) is 1.91. The molecule has 13 heavy (non-hydrogen) atoms. The van der Waals surface area contributed by atoms with Crippen molar-refractivity contribution in [2.75, 3.05) is 0 Å². The molecule has 0 N–H and O–H groups in total. The van der Waals surface area contributed by atoms with Gasteiger partial charge >= 0.3 is 0 Å². The lowest BCUT2D eigenvalue weighted by molar-refractivity contribution is 0.672. The third-order valence-electron chi connectivity index (χ3n) is 2.27. The van der Waals surface area contributed by atoms with Gasteiger partial charge in [0.05, 0.1) is 11.6 Å². The molecule has 1 nitrogen and oxygen atoms in total. The first kappa shape index (κ1) is 9.54. The normalized spacial score (nSPS) is 10.5. The molecule has 0 aliphatic heterocycles. The fourth-order valence-corrected chi connectivity index (χ4v) is 1.09. The van der Waals surface area contributed by atoms with E-state index in [0.29, 0.717) is 5.56 Å². The number of hydrogen-bond donors (Lipinski definition) is 0. The fraction of sp³-hybridized carbons (Fsp3) is 0.250. The van der Waals surface area contributed by atoms with Gasteiger partial charge < -0.3 is 0 Å². The van der Waals surface area contributed by atoms with Crippen molar-refractivity contribution < 1.29 is 0 Å². The summed E-state index contributed by atoms with van der Waals surface area (Å²) in [5, 5.41) is 8.62. The van der Waals surface area contributed by atoms with Crippen LogP contribution in [0.3, 0.4) is 0 Å². The molecule has 0 aliphatic rings. The second kappa shape index (κ2) is 3.45. The molecule has 0 unspecified atom stereocenters. The van der Waals surface area contributed by atoms with E-state index in [9.17, 15) is 0 Å². The summed E-state index contributed by atoms with van der Waals surface area (Å²) in [6.45, 7) is 7.98. The molecule has 0 radical (unpaired) electrons. The molecule has 1 aromatic rings. The molecule has 1 heteroatoms. The van der Waals surface area contributed by atoms with Crippen LogP contribution in [0.4, 0.5) is 0 Å². The van der Waals surface area contributed by atoms with Gasteiger partial charge in [0.1, 0.15) is 0 Å². The molecule has 0 bridgehead atoms. The van der Waals surface area contributed by atoms with Crippen molar-refractivity contribution in [2.45, 2.75) is 19.3 Å². The fourth-order valence-electron chi connectivity index (χ4n) is 1.09. The van der Waals surface area contributed by atoms with E-state index in [0.717, 1.165) is 0 Å². The zero-order valence-electron chi connectivity index (χ0n) is 8.04. The predicted molar refractivity (Wildman–Crippen MR) is 54.4 cm³/mol. The molecule has 0 atom stereocenters. The number of rotatable bonds is 2. The Labute approximate surface area is 79.3 Å². The summed E-state index contributed by atoms with van der Waals surface area (Å²) in [7, 11) is 0. The Morgan fingerprint density at radius 1 is 1.31 bits per heavy atom. The van der Waals surface area contributed by atoms with E-state index >= 15 is 0 Å². The highest BCUT2D eigenvalue weighted by Gasteiger charge is 2.14. The lowest BCUT2D eigenvalue weighted by Gasteiger charge is -2.19. The van der Waals surface area contributed by atoms with Gasteiger partial charge in [-0.2, -0.15) is 5.26 Å². The molecular formula is C12H13N. The van der Waals surface area contributed by atoms with E-state index in [4.69, 9.17) is 5.26 Å². The van der Waals surface area contributed by atoms with E-state index in [1.165, 1.54) is 5.56 Å². The molecule has 0 aromatic heterocycles. The van der Waals surface area contributed by atoms with E-state index < -0.39 is 0 Å². The van der Waals surface area contributed by atoms with Crippen molar-refractivity contribution in [3.63, 3.8) is 0 Å². The quantitative estimate of drug-likeness (QED) is 0.627. The lowest BCUT2D eigenvalue weighted by atomic mass is 9.85. The molecule has 66 valence electrons. The van der Waals surface area contributed by atoms with Gasteiger partial charge in [0.15, 0.2) is 0 Å². The second-order valence-electron chi connectivity index (χ2n) is 3.61. The highest BCUT2D eigenvalue weighted by Crippen LogP contribution is 2.23. The lowest BCUT2D eigenvalue weighted by Crippen LogP contribution is -2.12. The molecule has 0 saturated carbocycles. The van der Waals surface area contributed by atoms with Crippen LogP contribution >= 0.6 is 0 Å². The van der Waals surface area contributed by atoms with Crippen LogP contribution in [0, 0.1) is 11.3 Å². The Morgan fingerprint density at radius 3 is 2.23 bits per heavy atom. The number of benzene rings is 1. The van der Waals surface area contributed by atoms with Crippen LogP contribution in [0.2, 0.25) is 0 Å². The minimum Gasteiger partial charge on any atom is -0.192 e. The zero-order chi connectivity index (χ0) is 9.90. The standard InChI is InChI=1S/C12H13N/c1-4-12(2,3)11-7-5-10(9-13)6-8-11/h4-8H,1H2,2-3H3. The summed E-state index contributed by atoms with van der Waals surface area (Å²) < 4.78 is 0. The second-order valence-corrected chi connectivity index (χ2v) is 3.61. The number of nitriles is 1. The summed E-state index contributed by atoms with van der Waals surface area (Å²) >= 11 is 0. The third-order valence-corrected chi connectivity index (χ3v) is 2.27. The third kappa shape index (κ3) is 1.97. The van der Waals surface area contributed by atoms with Gasteiger partial charge in [-0.15, -0.1) is 6.58 Å². The van der Waals surface area contributed by atoms with Crippen LogP contribution < -0.4 is 0 Å². The van der Waals surface area contributed by atoms with E-state index in [-0.39, 0.29) is 5.41 Å². The maximum Gasteiger partial charge on any atom is 0.0991 e. The van der Waals surface area contributed by atoms with Crippen molar-refractivity contribution in [1.82, 2.24) is 0 Å². The molecule has 0 aliphatic carbocycles. The van der Waals surface area contributed by atoms with Crippen LogP contribution in [-0.4, -0.2) is 0 Å². The monoisotopic (exact) mass is 171 g/mol. The average molecular weight is 171 g/mol. The van der Waals surface area contributed by atoms with Gasteiger partial charge in [-0.05, 0) is 17.7 Å². The van der Waals surface area contributed by atoms with Crippen molar-refractivity contribution in [1.29, 1.82) is 5.26 Å². The molecule has 0 spiro atoms. The van der Waals surface area contributed by atoms with Gasteiger partial charge in [0, 0.05) is 5.41 Å². The summed E-state index contributed by atoms with van der Waals surface area (Å²) in [4.78, 5) is 0. The van der Waals surface area contributed by atoms with E-state index in [1.807, 2.05) is 30.3 Å². The number of hydrogen-bond acceptors (Lipinski definition) is 1. The highest BCUT2D eigenvalue weighted by atomic mass is 14.2. The average Bonchev–Trinajstić information content (AvgIpc) is 2.18. The Bertz CT molecular complexity index is 338. The summed E-state index contributed by atoms with van der Waals surface area (Å²) in [5.74, 6) is 0. The van der Waals surface area contributed by atoms with Gasteiger partial charge in [-0.1, -0.05) is 32.1 Å². The smallest absolute Gasteiger partial charge is 0.0991 e. The highest BCUT2D eigenvalue weighted by molar-refractivity contribution is 5.36. The maximum absolute atomic E-state index is 8.62. The van der Waals surface area contributed by atoms with Gasteiger partial charge in [-0.3, -0.25) is 0 Å². The maximum atomic E-state index is 8.62. The van der Waals surface area contributed by atoms with Crippen LogP contribution in [-0.2, 0) is 5.41 Å². The van der Waals surface area contributed by atoms with Crippen LogP contribution in [0.5, 0.6) is 0 Å². The van der Waals surface area contributed by atoms with Gasteiger partial charge in [0.2, 0.25) is 0 Å². The van der Waals surface area contributed by atoms with Crippen molar-refractivity contribution in [3.8, 4) is 6.07 Å². The first-order chi connectivity index (χ1) is 6.10. The van der Waals surface area contributed by atoms with Crippen molar-refractivity contribution >= 4 is 0 Å². The van der Waals surface area contributed by atoms with E-state index in [1.54, 1.807) is 0 Å². The molecule has 0 saturated heterocycles. The summed E-state index contributed by atoms with van der Waals surface area (Å²) in [5.41, 5.74) is 1.86. The Hall–Kier alpha value is -1.55. The SMILES string of the molecule is C=CC(C)(C)c1ccc(C#N)cc1. The van der Waals surface area contributed by atoms with Gasteiger partial charge in [-0.25, -0.2) is 0 Å². The Balaban J connectivity index is 3.07. The number of nitrogens with zero attached hydrogens (tertiary/aromatic N) is 1. The molecule has 0 amide bonds. The molecule has 0 fully saturated rings. The molecular weight excluding hydrogens is 158 g/mol. The van der Waals surface area contributed by atoms with Gasteiger partial charge in [0.25, 0.3) is 0 Å². The first-order valence-electron chi connectivity index (χ1n) is 4.24. The Kier molecular flexibility index (Phi) is 2.53. The summed E-state index contributed by atoms with van der Waals surface area (Å²) in [6, 6.07) is 9.71. The van der Waals surface area contributed by atoms with Crippen LogP contribution in [0.25, 0.3) is 0 Å². The molecule has 1 rings (SSSR count). The first-order valence-corrected chi connectivity index (χ1v) is 4.24. The van der Waals surface area contributed by atoms with E-state index in [2.05, 4.69) is 26.5 Å². The molecule has 0 heterocycles.